The third-order valence-electron chi connectivity index (χ3n) is 3.07. The maximum Gasteiger partial charge on any atom is 0.0324 e. The maximum absolute atomic E-state index is 7.94. The summed E-state index contributed by atoms with van der Waals surface area (Å²) >= 11 is 0. The van der Waals surface area contributed by atoms with E-state index in [0.29, 0.717) is 0 Å². The Morgan fingerprint density at radius 2 is 1.75 bits per heavy atom. The van der Waals surface area contributed by atoms with Crippen LogP contribution in [0.5, 0.6) is 0 Å². The highest BCUT2D eigenvalue weighted by Gasteiger charge is 2.32. The highest BCUT2D eigenvalue weighted by atomic mass is 14.8. The van der Waals surface area contributed by atoms with Gasteiger partial charge in [-0.15, -0.1) is 0 Å². The molecule has 0 aromatic carbocycles. The lowest BCUT2D eigenvalue weighted by Gasteiger charge is -2.37. The van der Waals surface area contributed by atoms with Gasteiger partial charge in [-0.3, -0.25) is 5.73 Å². The fraction of sp³-hybridized carbons (Fsp3) is 1.00. The molecule has 1 aliphatic rings. The van der Waals surface area contributed by atoms with Gasteiger partial charge in [0.2, 0.25) is 0 Å². The van der Waals surface area contributed by atoms with Crippen LogP contribution in [0.1, 0.15) is 64.7 Å². The summed E-state index contributed by atoms with van der Waals surface area (Å²) in [5, 5.41) is 0. The summed E-state index contributed by atoms with van der Waals surface area (Å²) in [4.78, 5) is 0. The Kier molecular flexibility index (Phi) is 4.07. The maximum atomic E-state index is 7.94. The summed E-state index contributed by atoms with van der Waals surface area (Å²) in [7, 11) is 0. The van der Waals surface area contributed by atoms with Crippen LogP contribution < -0.4 is 5.73 Å². The van der Waals surface area contributed by atoms with Crippen molar-refractivity contribution in [2.24, 2.45) is 0 Å². The summed E-state index contributed by atoms with van der Waals surface area (Å²) in [6.07, 6.45) is 11.5. The Balaban J connectivity index is 1.88. The van der Waals surface area contributed by atoms with E-state index in [1.807, 2.05) is 0 Å². The second-order valence-electron chi connectivity index (χ2n) is 4.30. The van der Waals surface area contributed by atoms with Gasteiger partial charge in [0, 0.05) is 5.54 Å². The van der Waals surface area contributed by atoms with Crippen molar-refractivity contribution in [2.75, 3.05) is 0 Å². The van der Waals surface area contributed by atoms with Gasteiger partial charge in [0.1, 0.15) is 0 Å². The topological polar surface area (TPSA) is 23.8 Å². The lowest BCUT2D eigenvalue weighted by molar-refractivity contribution is 0.214. The molecule has 0 aromatic heterocycles. The van der Waals surface area contributed by atoms with Gasteiger partial charge in [-0.05, 0) is 25.7 Å². The second-order valence-corrected chi connectivity index (χ2v) is 4.30. The van der Waals surface area contributed by atoms with E-state index in [1.165, 1.54) is 51.4 Å². The molecule has 0 saturated heterocycles. The van der Waals surface area contributed by atoms with Gasteiger partial charge in [0.25, 0.3) is 0 Å². The number of unbranched alkanes of at least 4 members (excludes halogenated alkanes) is 4. The van der Waals surface area contributed by atoms with Crippen molar-refractivity contribution in [3.05, 3.63) is 0 Å². The van der Waals surface area contributed by atoms with E-state index in [2.05, 4.69) is 6.92 Å². The molecule has 0 bridgehead atoms. The minimum Gasteiger partial charge on any atom is -0.251 e. The standard InChI is InChI=1S/C11H22N/c1-2-3-4-5-6-8-11(12)9-7-10-11/h12H,2-10H2,1H3. The minimum atomic E-state index is 0.0201. The van der Waals surface area contributed by atoms with Gasteiger partial charge in [-0.1, -0.05) is 39.0 Å². The fourth-order valence-electron chi connectivity index (χ4n) is 1.92. The van der Waals surface area contributed by atoms with Crippen LogP contribution in [0.2, 0.25) is 0 Å². The summed E-state index contributed by atoms with van der Waals surface area (Å²) in [6.45, 7) is 2.25. The third-order valence-corrected chi connectivity index (χ3v) is 3.07. The second kappa shape index (κ2) is 4.86. The fourth-order valence-corrected chi connectivity index (χ4v) is 1.92. The molecule has 1 radical (unpaired) electrons. The molecular formula is C11H22N. The predicted octanol–water partition coefficient (Wildman–Crippen LogP) is 3.55. The van der Waals surface area contributed by atoms with Crippen molar-refractivity contribution >= 4 is 0 Å². The Bertz CT molecular complexity index is 116. The van der Waals surface area contributed by atoms with Crippen LogP contribution in [0.3, 0.4) is 0 Å². The van der Waals surface area contributed by atoms with E-state index in [-0.39, 0.29) is 5.54 Å². The Morgan fingerprint density at radius 3 is 2.25 bits per heavy atom. The molecule has 1 aliphatic carbocycles. The van der Waals surface area contributed by atoms with Gasteiger partial charge >= 0.3 is 0 Å². The van der Waals surface area contributed by atoms with Crippen LogP contribution in [-0.2, 0) is 0 Å². The van der Waals surface area contributed by atoms with Gasteiger partial charge < -0.3 is 0 Å². The zero-order valence-corrected chi connectivity index (χ0v) is 8.36. The van der Waals surface area contributed by atoms with Crippen molar-refractivity contribution in [1.82, 2.24) is 5.73 Å². The average molecular weight is 168 g/mol. The molecule has 0 atom stereocenters. The van der Waals surface area contributed by atoms with Crippen molar-refractivity contribution in [2.45, 2.75) is 70.3 Å². The highest BCUT2D eigenvalue weighted by Crippen LogP contribution is 2.35. The van der Waals surface area contributed by atoms with Crippen LogP contribution in [0.4, 0.5) is 0 Å². The van der Waals surface area contributed by atoms with E-state index in [4.69, 9.17) is 5.73 Å². The van der Waals surface area contributed by atoms with E-state index in [0.717, 1.165) is 6.42 Å². The quantitative estimate of drug-likeness (QED) is 0.542. The van der Waals surface area contributed by atoms with E-state index < -0.39 is 0 Å². The predicted molar refractivity (Wildman–Crippen MR) is 53.1 cm³/mol. The monoisotopic (exact) mass is 168 g/mol. The Labute approximate surface area is 76.7 Å². The summed E-state index contributed by atoms with van der Waals surface area (Å²) in [5.41, 5.74) is 7.96. The molecule has 1 saturated carbocycles. The highest BCUT2D eigenvalue weighted by molar-refractivity contribution is 4.91. The van der Waals surface area contributed by atoms with Crippen LogP contribution in [0.15, 0.2) is 0 Å². The molecule has 0 spiro atoms. The zero-order chi connectivity index (χ0) is 8.86. The lowest BCUT2D eigenvalue weighted by atomic mass is 9.74. The summed E-state index contributed by atoms with van der Waals surface area (Å²) < 4.78 is 0. The van der Waals surface area contributed by atoms with Crippen molar-refractivity contribution in [1.29, 1.82) is 0 Å². The normalized spacial score (nSPS) is 20.5. The van der Waals surface area contributed by atoms with Gasteiger partial charge in [-0.2, -0.15) is 0 Å². The molecule has 1 N–H and O–H groups in total. The molecule has 0 aromatic rings. The van der Waals surface area contributed by atoms with E-state index in [1.54, 1.807) is 0 Å². The smallest absolute Gasteiger partial charge is 0.0324 e. The first kappa shape index (κ1) is 10.0. The lowest BCUT2D eigenvalue weighted by Crippen LogP contribution is -2.38. The zero-order valence-electron chi connectivity index (χ0n) is 8.36. The first-order valence-electron chi connectivity index (χ1n) is 5.52. The first-order chi connectivity index (χ1) is 5.77. The van der Waals surface area contributed by atoms with E-state index in [9.17, 15) is 0 Å². The Morgan fingerprint density at radius 1 is 1.08 bits per heavy atom. The van der Waals surface area contributed by atoms with Gasteiger partial charge in [0.15, 0.2) is 0 Å². The minimum absolute atomic E-state index is 0.0201. The van der Waals surface area contributed by atoms with Crippen molar-refractivity contribution < 1.29 is 0 Å². The molecule has 1 fully saturated rings. The van der Waals surface area contributed by atoms with Crippen molar-refractivity contribution in [3.63, 3.8) is 0 Å². The molecular weight excluding hydrogens is 146 g/mol. The Hall–Kier alpha value is -0.0400. The summed E-state index contributed by atoms with van der Waals surface area (Å²) in [5.74, 6) is 0. The van der Waals surface area contributed by atoms with Crippen LogP contribution >= 0.6 is 0 Å². The van der Waals surface area contributed by atoms with Crippen LogP contribution in [0, 0.1) is 0 Å². The molecule has 71 valence electrons. The number of rotatable bonds is 6. The molecule has 1 heteroatoms. The number of hydrogen-bond donors (Lipinski definition) is 0. The summed E-state index contributed by atoms with van der Waals surface area (Å²) in [6, 6.07) is 0. The van der Waals surface area contributed by atoms with Crippen LogP contribution in [0.25, 0.3) is 0 Å². The largest absolute Gasteiger partial charge is 0.251 e. The van der Waals surface area contributed by atoms with E-state index >= 15 is 0 Å². The molecule has 1 rings (SSSR count). The first-order valence-corrected chi connectivity index (χ1v) is 5.52. The molecule has 1 nitrogen and oxygen atoms in total. The van der Waals surface area contributed by atoms with Crippen LogP contribution in [-0.4, -0.2) is 5.54 Å². The third kappa shape index (κ3) is 3.14. The number of hydrogen-bond acceptors (Lipinski definition) is 0. The molecule has 0 amide bonds. The molecule has 0 unspecified atom stereocenters. The molecule has 0 heterocycles. The average Bonchev–Trinajstić information content (AvgIpc) is 2.01. The van der Waals surface area contributed by atoms with Gasteiger partial charge in [0.05, 0.1) is 0 Å². The SMILES string of the molecule is CCCCCCCC1([NH])CCC1. The van der Waals surface area contributed by atoms with Crippen molar-refractivity contribution in [3.8, 4) is 0 Å². The van der Waals surface area contributed by atoms with Gasteiger partial charge in [-0.25, -0.2) is 0 Å². The molecule has 0 aliphatic heterocycles. The number of nitrogens with one attached hydrogen (secondary N) is 1. The molecule has 12 heavy (non-hydrogen) atoms.